The number of esters is 1. The highest BCUT2D eigenvalue weighted by Gasteiger charge is 2.69. The van der Waals surface area contributed by atoms with Gasteiger partial charge in [0.25, 0.3) is 0 Å². The van der Waals surface area contributed by atoms with Crippen molar-refractivity contribution in [2.24, 2.45) is 10.8 Å². The maximum atomic E-state index is 11.8. The second kappa shape index (κ2) is 6.14. The molecule has 23 heavy (non-hydrogen) atoms. The summed E-state index contributed by atoms with van der Waals surface area (Å²) >= 11 is 14.2. The van der Waals surface area contributed by atoms with Gasteiger partial charge < -0.3 is 9.84 Å². The van der Waals surface area contributed by atoms with Crippen LogP contribution in [-0.4, -0.2) is 37.3 Å². The van der Waals surface area contributed by atoms with Crippen LogP contribution < -0.4 is 0 Å². The Bertz CT molecular complexity index is 492. The third kappa shape index (κ3) is 3.02. The molecule has 2 aliphatic carbocycles. The van der Waals surface area contributed by atoms with Gasteiger partial charge >= 0.3 is 5.97 Å². The van der Waals surface area contributed by atoms with E-state index in [1.807, 2.05) is 13.8 Å². The van der Waals surface area contributed by atoms with Crippen molar-refractivity contribution in [3.63, 3.8) is 0 Å². The van der Waals surface area contributed by atoms with Crippen molar-refractivity contribution < 1.29 is 14.6 Å². The summed E-state index contributed by atoms with van der Waals surface area (Å²) in [5, 5.41) is 11.4. The fourth-order valence-corrected chi connectivity index (χ4v) is 6.40. The average molecular weight is 475 g/mol. The maximum absolute atomic E-state index is 11.8. The number of carbonyl (C=O) groups is 1. The minimum Gasteiger partial charge on any atom is -0.462 e. The Morgan fingerprint density at radius 1 is 1.17 bits per heavy atom. The van der Waals surface area contributed by atoms with Crippen LogP contribution in [0.25, 0.3) is 0 Å². The van der Waals surface area contributed by atoms with Crippen molar-refractivity contribution in [3.05, 3.63) is 0 Å². The highest BCUT2D eigenvalue weighted by Crippen LogP contribution is 2.66. The SMILES string of the molecule is CC(=O)O[C@@H]1C[C@](C)(Cl)[C@@H](Br)C[C@@]12C(C)(C)[C@H](Br)CC[C@@]2(C)O. The molecule has 2 fully saturated rings. The third-order valence-corrected chi connectivity index (χ3v) is 9.99. The molecule has 6 heteroatoms. The molecule has 0 saturated heterocycles. The highest BCUT2D eigenvalue weighted by atomic mass is 79.9. The van der Waals surface area contributed by atoms with E-state index in [0.29, 0.717) is 19.3 Å². The Balaban J connectivity index is 2.61. The van der Waals surface area contributed by atoms with E-state index in [0.717, 1.165) is 6.42 Å². The molecule has 2 aliphatic rings. The molecule has 0 aliphatic heterocycles. The fraction of sp³-hybridized carbons (Fsp3) is 0.941. The smallest absolute Gasteiger partial charge is 0.302 e. The van der Waals surface area contributed by atoms with Gasteiger partial charge in [-0.05, 0) is 38.5 Å². The van der Waals surface area contributed by atoms with Gasteiger partial charge in [-0.25, -0.2) is 0 Å². The van der Waals surface area contributed by atoms with E-state index in [4.69, 9.17) is 16.3 Å². The van der Waals surface area contributed by atoms with Gasteiger partial charge in [0.15, 0.2) is 0 Å². The van der Waals surface area contributed by atoms with E-state index < -0.39 is 22.0 Å². The first-order valence-electron chi connectivity index (χ1n) is 8.14. The van der Waals surface area contributed by atoms with Crippen molar-refractivity contribution in [2.45, 2.75) is 86.5 Å². The molecule has 6 atom stereocenters. The number of ether oxygens (including phenoxy) is 1. The van der Waals surface area contributed by atoms with Gasteiger partial charge in [0.05, 0.1) is 10.5 Å². The molecule has 1 N–H and O–H groups in total. The monoisotopic (exact) mass is 472 g/mol. The molecule has 0 aromatic carbocycles. The van der Waals surface area contributed by atoms with Crippen molar-refractivity contribution in [3.8, 4) is 0 Å². The largest absolute Gasteiger partial charge is 0.462 e. The van der Waals surface area contributed by atoms with Gasteiger partial charge in [-0.3, -0.25) is 4.79 Å². The molecule has 0 bridgehead atoms. The van der Waals surface area contributed by atoms with Crippen molar-refractivity contribution in [1.82, 2.24) is 0 Å². The summed E-state index contributed by atoms with van der Waals surface area (Å²) in [6, 6.07) is 0. The van der Waals surface area contributed by atoms with Crippen LogP contribution in [0.1, 0.15) is 60.3 Å². The second-order valence-corrected chi connectivity index (χ2v) is 11.3. The van der Waals surface area contributed by atoms with Crippen LogP contribution in [0.4, 0.5) is 0 Å². The molecule has 2 rings (SSSR count). The summed E-state index contributed by atoms with van der Waals surface area (Å²) in [5.41, 5.74) is -1.75. The Hall–Kier alpha value is 0.680. The van der Waals surface area contributed by atoms with E-state index in [-0.39, 0.29) is 21.0 Å². The fourth-order valence-electron chi connectivity index (χ4n) is 4.84. The summed E-state index contributed by atoms with van der Waals surface area (Å²) in [6.45, 7) is 9.60. The van der Waals surface area contributed by atoms with Crippen molar-refractivity contribution in [1.29, 1.82) is 0 Å². The topological polar surface area (TPSA) is 46.5 Å². The summed E-state index contributed by atoms with van der Waals surface area (Å²) < 4.78 is 5.76. The minimum atomic E-state index is -0.930. The summed E-state index contributed by atoms with van der Waals surface area (Å²) in [4.78, 5) is 11.5. The molecule has 0 amide bonds. The highest BCUT2D eigenvalue weighted by molar-refractivity contribution is 9.09. The van der Waals surface area contributed by atoms with Gasteiger partial charge in [0, 0.05) is 28.4 Å². The zero-order chi connectivity index (χ0) is 17.8. The molecule has 0 unspecified atom stereocenters. The molecular formula is C17H27Br2ClO3. The number of alkyl halides is 3. The first-order valence-corrected chi connectivity index (χ1v) is 10.4. The normalized spacial score (nSPS) is 49.9. The van der Waals surface area contributed by atoms with E-state index in [2.05, 4.69) is 45.7 Å². The molecule has 2 saturated carbocycles. The Morgan fingerprint density at radius 3 is 2.26 bits per heavy atom. The minimum absolute atomic E-state index is 0.0343. The molecule has 134 valence electrons. The summed E-state index contributed by atoms with van der Waals surface area (Å²) in [7, 11) is 0. The van der Waals surface area contributed by atoms with Crippen LogP contribution in [0.15, 0.2) is 0 Å². The number of hydrogen-bond donors (Lipinski definition) is 1. The van der Waals surface area contributed by atoms with Crippen LogP contribution in [0, 0.1) is 10.8 Å². The van der Waals surface area contributed by atoms with Gasteiger partial charge in [-0.15, -0.1) is 11.6 Å². The lowest BCUT2D eigenvalue weighted by Crippen LogP contribution is -2.71. The van der Waals surface area contributed by atoms with Crippen LogP contribution >= 0.6 is 43.5 Å². The van der Waals surface area contributed by atoms with Crippen LogP contribution in [0.3, 0.4) is 0 Å². The lowest BCUT2D eigenvalue weighted by Gasteiger charge is -2.66. The Kier molecular flexibility index (Phi) is 5.34. The third-order valence-electron chi connectivity index (χ3n) is 6.38. The zero-order valence-corrected chi connectivity index (χ0v) is 18.4. The number of rotatable bonds is 1. The standard InChI is InChI=1S/C17H27Br2ClO3/c1-10(21)23-13-9-15(4,20)12(19)8-17(13)14(2,3)11(18)6-7-16(17,5)22/h11-13,22H,6-9H2,1-5H3/t11-,12+,13-,15+,16-,17+/m1/s1. The van der Waals surface area contributed by atoms with E-state index in [9.17, 15) is 9.90 Å². The predicted octanol–water partition coefficient (Wildman–Crippen LogP) is 4.79. The first kappa shape index (κ1) is 20.0. The first-order chi connectivity index (χ1) is 10.3. The van der Waals surface area contributed by atoms with Crippen molar-refractivity contribution >= 4 is 49.4 Å². The molecule has 0 heterocycles. The number of aliphatic hydroxyl groups is 1. The van der Waals surface area contributed by atoms with Gasteiger partial charge in [0.1, 0.15) is 6.10 Å². The summed E-state index contributed by atoms with van der Waals surface area (Å²) in [6.07, 6.45) is 2.32. The van der Waals surface area contributed by atoms with Crippen LogP contribution in [-0.2, 0) is 9.53 Å². The predicted molar refractivity (Wildman–Crippen MR) is 101 cm³/mol. The molecular weight excluding hydrogens is 447 g/mol. The zero-order valence-electron chi connectivity index (χ0n) is 14.5. The van der Waals surface area contributed by atoms with Gasteiger partial charge in [0.2, 0.25) is 0 Å². The van der Waals surface area contributed by atoms with E-state index >= 15 is 0 Å². The number of hydrogen-bond acceptors (Lipinski definition) is 3. The van der Waals surface area contributed by atoms with Crippen LogP contribution in [0.5, 0.6) is 0 Å². The van der Waals surface area contributed by atoms with Gasteiger partial charge in [-0.2, -0.15) is 0 Å². The quantitative estimate of drug-likeness (QED) is 0.439. The molecule has 0 radical (unpaired) electrons. The Morgan fingerprint density at radius 2 is 1.74 bits per heavy atom. The van der Waals surface area contributed by atoms with Gasteiger partial charge in [-0.1, -0.05) is 45.7 Å². The second-order valence-electron chi connectivity index (χ2n) is 8.23. The molecule has 3 nitrogen and oxygen atoms in total. The van der Waals surface area contributed by atoms with Crippen molar-refractivity contribution in [2.75, 3.05) is 0 Å². The lowest BCUT2D eigenvalue weighted by atomic mass is 9.45. The molecule has 0 aromatic rings. The number of carbonyl (C=O) groups excluding carboxylic acids is 1. The van der Waals surface area contributed by atoms with Crippen LogP contribution in [0.2, 0.25) is 0 Å². The average Bonchev–Trinajstić information content (AvgIpc) is 2.37. The molecule has 1 spiro atoms. The molecule has 0 aromatic heterocycles. The Labute approximate surface area is 161 Å². The number of halogens is 3. The van der Waals surface area contributed by atoms with E-state index in [1.54, 1.807) is 0 Å². The summed E-state index contributed by atoms with van der Waals surface area (Å²) in [5.74, 6) is -0.321. The van der Waals surface area contributed by atoms with E-state index in [1.165, 1.54) is 6.92 Å². The lowest BCUT2D eigenvalue weighted by molar-refractivity contribution is -0.238. The maximum Gasteiger partial charge on any atom is 0.302 e.